The first-order valence-corrected chi connectivity index (χ1v) is 12.2. The van der Waals surface area contributed by atoms with Crippen LogP contribution < -0.4 is 5.32 Å². The normalized spacial score (nSPS) is 15.9. The number of hydrogen-bond acceptors (Lipinski definition) is 4. The van der Waals surface area contributed by atoms with Crippen molar-refractivity contribution < 1.29 is 17.6 Å². The predicted molar refractivity (Wildman–Crippen MR) is 113 cm³/mol. The first kappa shape index (κ1) is 21.8. The Bertz CT molecular complexity index is 923. The number of thioether (sulfide) groups is 1. The van der Waals surface area contributed by atoms with Crippen molar-refractivity contribution in [3.05, 3.63) is 59.9 Å². The number of amides is 1. The minimum absolute atomic E-state index is 0.0477. The molecule has 0 radical (unpaired) electrons. The largest absolute Gasteiger partial charge is 0.356 e. The van der Waals surface area contributed by atoms with E-state index in [4.69, 9.17) is 0 Å². The van der Waals surface area contributed by atoms with E-state index in [9.17, 15) is 17.6 Å². The van der Waals surface area contributed by atoms with E-state index in [0.29, 0.717) is 38.9 Å². The lowest BCUT2D eigenvalue weighted by molar-refractivity contribution is -0.126. The Balaban J connectivity index is 1.48. The van der Waals surface area contributed by atoms with E-state index in [-0.39, 0.29) is 22.5 Å². The third kappa shape index (κ3) is 5.58. The van der Waals surface area contributed by atoms with E-state index in [0.717, 1.165) is 10.5 Å². The summed E-state index contributed by atoms with van der Waals surface area (Å²) >= 11 is 1.56. The SMILES string of the molecule is CSc1ccc(S(=O)(=O)N2CCC(C(=O)NCCc3ccc(F)cc3)CC2)cc1. The summed E-state index contributed by atoms with van der Waals surface area (Å²) in [5.41, 5.74) is 0.958. The van der Waals surface area contributed by atoms with Crippen LogP contribution in [0.4, 0.5) is 4.39 Å². The van der Waals surface area contributed by atoms with Crippen LogP contribution in [-0.4, -0.2) is 44.5 Å². The molecule has 0 bridgehead atoms. The highest BCUT2D eigenvalue weighted by Crippen LogP contribution is 2.25. The molecule has 156 valence electrons. The fourth-order valence-electron chi connectivity index (χ4n) is 3.38. The van der Waals surface area contributed by atoms with Gasteiger partial charge in [0.15, 0.2) is 0 Å². The molecular formula is C21H25FN2O3S2. The van der Waals surface area contributed by atoms with Gasteiger partial charge in [-0.25, -0.2) is 12.8 Å². The van der Waals surface area contributed by atoms with Crippen molar-refractivity contribution in [2.45, 2.75) is 29.1 Å². The number of carbonyl (C=O) groups excluding carboxylic acids is 1. The lowest BCUT2D eigenvalue weighted by Gasteiger charge is -2.30. The highest BCUT2D eigenvalue weighted by Gasteiger charge is 2.31. The second-order valence-corrected chi connectivity index (χ2v) is 9.84. The molecule has 0 unspecified atom stereocenters. The predicted octanol–water partition coefficient (Wildman–Crippen LogP) is 3.31. The molecule has 3 rings (SSSR count). The fraction of sp³-hybridized carbons (Fsp3) is 0.381. The monoisotopic (exact) mass is 436 g/mol. The second-order valence-electron chi connectivity index (χ2n) is 7.02. The van der Waals surface area contributed by atoms with Crippen molar-refractivity contribution in [2.24, 2.45) is 5.92 Å². The Morgan fingerprint density at radius 3 is 2.31 bits per heavy atom. The quantitative estimate of drug-likeness (QED) is 0.677. The Hall–Kier alpha value is -1.90. The number of sulfonamides is 1. The zero-order valence-electron chi connectivity index (χ0n) is 16.3. The van der Waals surface area contributed by atoms with Gasteiger partial charge in [0.25, 0.3) is 0 Å². The third-order valence-electron chi connectivity index (χ3n) is 5.15. The van der Waals surface area contributed by atoms with Crippen LogP contribution in [0, 0.1) is 11.7 Å². The van der Waals surface area contributed by atoms with Gasteiger partial charge < -0.3 is 5.32 Å². The molecule has 1 aliphatic rings. The lowest BCUT2D eigenvalue weighted by atomic mass is 9.97. The van der Waals surface area contributed by atoms with Gasteiger partial charge in [-0.2, -0.15) is 4.31 Å². The van der Waals surface area contributed by atoms with Crippen molar-refractivity contribution in [1.29, 1.82) is 0 Å². The number of nitrogens with zero attached hydrogens (tertiary/aromatic N) is 1. The van der Waals surface area contributed by atoms with Crippen LogP contribution in [0.15, 0.2) is 58.3 Å². The lowest BCUT2D eigenvalue weighted by Crippen LogP contribution is -2.43. The van der Waals surface area contributed by atoms with Crippen LogP contribution >= 0.6 is 11.8 Å². The molecule has 0 aliphatic carbocycles. The topological polar surface area (TPSA) is 66.5 Å². The summed E-state index contributed by atoms with van der Waals surface area (Å²) < 4.78 is 40.0. The maximum absolute atomic E-state index is 12.9. The standard InChI is InChI=1S/C21H25FN2O3S2/c1-28-19-6-8-20(9-7-19)29(26,27)24-14-11-17(12-15-24)21(25)23-13-10-16-2-4-18(22)5-3-16/h2-9,17H,10-15H2,1H3,(H,23,25). The first-order chi connectivity index (χ1) is 13.9. The van der Waals surface area contributed by atoms with Crippen molar-refractivity contribution in [2.75, 3.05) is 25.9 Å². The van der Waals surface area contributed by atoms with Crippen molar-refractivity contribution >= 4 is 27.7 Å². The number of carbonyl (C=O) groups is 1. The molecule has 5 nitrogen and oxygen atoms in total. The average molecular weight is 437 g/mol. The molecule has 2 aromatic carbocycles. The van der Waals surface area contributed by atoms with Crippen LogP contribution in [0.3, 0.4) is 0 Å². The smallest absolute Gasteiger partial charge is 0.243 e. The van der Waals surface area contributed by atoms with Gasteiger partial charge in [-0.3, -0.25) is 4.79 Å². The molecule has 2 aromatic rings. The van der Waals surface area contributed by atoms with Crippen LogP contribution in [0.5, 0.6) is 0 Å². The minimum atomic E-state index is -3.53. The minimum Gasteiger partial charge on any atom is -0.356 e. The number of halogens is 1. The zero-order chi connectivity index (χ0) is 20.9. The molecule has 0 atom stereocenters. The molecule has 0 spiro atoms. The Kier molecular flexibility index (Phi) is 7.32. The number of hydrogen-bond donors (Lipinski definition) is 1. The summed E-state index contributed by atoms with van der Waals surface area (Å²) in [6, 6.07) is 13.1. The molecule has 8 heteroatoms. The summed E-state index contributed by atoms with van der Waals surface area (Å²) in [5, 5.41) is 2.91. The van der Waals surface area contributed by atoms with E-state index >= 15 is 0 Å². The molecule has 0 aromatic heterocycles. The summed E-state index contributed by atoms with van der Waals surface area (Å²) in [6.45, 7) is 1.15. The van der Waals surface area contributed by atoms with Gasteiger partial charge >= 0.3 is 0 Å². The molecule has 1 heterocycles. The first-order valence-electron chi connectivity index (χ1n) is 9.56. The molecule has 1 aliphatic heterocycles. The molecule has 0 saturated carbocycles. The summed E-state index contributed by atoms with van der Waals surface area (Å²) in [7, 11) is -3.53. The molecule has 1 saturated heterocycles. The molecular weight excluding hydrogens is 411 g/mol. The molecule has 1 amide bonds. The maximum Gasteiger partial charge on any atom is 0.243 e. The van der Waals surface area contributed by atoms with Gasteiger partial charge in [-0.1, -0.05) is 12.1 Å². The number of benzene rings is 2. The van der Waals surface area contributed by atoms with E-state index in [1.807, 2.05) is 6.26 Å². The maximum atomic E-state index is 12.9. The van der Waals surface area contributed by atoms with Gasteiger partial charge in [-0.05, 0) is 67.5 Å². The van der Waals surface area contributed by atoms with Crippen LogP contribution in [0.2, 0.25) is 0 Å². The highest BCUT2D eigenvalue weighted by atomic mass is 32.2. The van der Waals surface area contributed by atoms with Crippen molar-refractivity contribution in [3.63, 3.8) is 0 Å². The van der Waals surface area contributed by atoms with Gasteiger partial charge in [0.1, 0.15) is 5.82 Å². The van der Waals surface area contributed by atoms with Gasteiger partial charge in [0.05, 0.1) is 4.90 Å². The summed E-state index contributed by atoms with van der Waals surface area (Å²) in [5.74, 6) is -0.512. The average Bonchev–Trinajstić information content (AvgIpc) is 2.75. The van der Waals surface area contributed by atoms with Crippen LogP contribution in [0.25, 0.3) is 0 Å². The van der Waals surface area contributed by atoms with Gasteiger partial charge in [0.2, 0.25) is 15.9 Å². The summed E-state index contributed by atoms with van der Waals surface area (Å²) in [6.07, 6.45) is 3.58. The highest BCUT2D eigenvalue weighted by molar-refractivity contribution is 7.98. The third-order valence-corrected chi connectivity index (χ3v) is 7.80. The Labute approximate surface area is 175 Å². The van der Waals surface area contributed by atoms with Crippen LogP contribution in [0.1, 0.15) is 18.4 Å². The van der Waals surface area contributed by atoms with E-state index < -0.39 is 10.0 Å². The fourth-order valence-corrected chi connectivity index (χ4v) is 5.26. The number of piperidine rings is 1. The molecule has 29 heavy (non-hydrogen) atoms. The van der Waals surface area contributed by atoms with Crippen LogP contribution in [-0.2, 0) is 21.2 Å². The zero-order valence-corrected chi connectivity index (χ0v) is 17.9. The molecule has 1 N–H and O–H groups in total. The summed E-state index contributed by atoms with van der Waals surface area (Å²) in [4.78, 5) is 13.7. The number of nitrogens with one attached hydrogen (secondary N) is 1. The second kappa shape index (κ2) is 9.73. The Morgan fingerprint density at radius 1 is 1.10 bits per heavy atom. The van der Waals surface area contributed by atoms with E-state index in [1.165, 1.54) is 16.4 Å². The van der Waals surface area contributed by atoms with Gasteiger partial charge in [0, 0.05) is 30.4 Å². The Morgan fingerprint density at radius 2 is 1.72 bits per heavy atom. The number of rotatable bonds is 7. The van der Waals surface area contributed by atoms with Gasteiger partial charge in [-0.15, -0.1) is 11.8 Å². The molecule has 1 fully saturated rings. The van der Waals surface area contributed by atoms with E-state index in [1.54, 1.807) is 48.2 Å². The van der Waals surface area contributed by atoms with Crippen molar-refractivity contribution in [3.8, 4) is 0 Å². The van der Waals surface area contributed by atoms with E-state index in [2.05, 4.69) is 5.32 Å². The van der Waals surface area contributed by atoms with Crippen molar-refractivity contribution in [1.82, 2.24) is 9.62 Å².